The SMILES string of the molecule is Cc1cc(N(C)C)nc(CNS(=O)(=O)c2ccccc2F)n1. The Bertz CT molecular complexity index is 778. The molecule has 0 spiro atoms. The van der Waals surface area contributed by atoms with E-state index in [1.807, 2.05) is 14.1 Å². The van der Waals surface area contributed by atoms with Crippen LogP contribution in [-0.2, 0) is 16.6 Å². The number of hydrogen-bond acceptors (Lipinski definition) is 5. The highest BCUT2D eigenvalue weighted by Gasteiger charge is 2.18. The first-order valence-electron chi connectivity index (χ1n) is 6.55. The second kappa shape index (κ2) is 6.37. The molecule has 0 saturated carbocycles. The van der Waals surface area contributed by atoms with Gasteiger partial charge in [-0.2, -0.15) is 0 Å². The zero-order valence-corrected chi connectivity index (χ0v) is 13.4. The molecule has 0 aliphatic carbocycles. The van der Waals surface area contributed by atoms with Crippen molar-refractivity contribution in [2.24, 2.45) is 0 Å². The quantitative estimate of drug-likeness (QED) is 0.901. The van der Waals surface area contributed by atoms with Gasteiger partial charge in [0.25, 0.3) is 0 Å². The number of anilines is 1. The lowest BCUT2D eigenvalue weighted by molar-refractivity contribution is 0.555. The minimum atomic E-state index is -3.95. The van der Waals surface area contributed by atoms with E-state index in [2.05, 4.69) is 14.7 Å². The summed E-state index contributed by atoms with van der Waals surface area (Å²) in [6, 6.07) is 6.99. The van der Waals surface area contributed by atoms with Crippen LogP contribution in [0.15, 0.2) is 35.2 Å². The summed E-state index contributed by atoms with van der Waals surface area (Å²) in [5.41, 5.74) is 0.721. The monoisotopic (exact) mass is 324 g/mol. The number of halogens is 1. The van der Waals surface area contributed by atoms with Gasteiger partial charge in [-0.1, -0.05) is 12.1 Å². The van der Waals surface area contributed by atoms with Crippen LogP contribution in [0, 0.1) is 12.7 Å². The molecule has 0 aliphatic rings. The topological polar surface area (TPSA) is 75.2 Å². The van der Waals surface area contributed by atoms with Gasteiger partial charge in [0, 0.05) is 25.9 Å². The Morgan fingerprint density at radius 1 is 1.23 bits per heavy atom. The normalized spacial score (nSPS) is 11.5. The van der Waals surface area contributed by atoms with E-state index in [0.29, 0.717) is 11.6 Å². The maximum Gasteiger partial charge on any atom is 0.243 e. The summed E-state index contributed by atoms with van der Waals surface area (Å²) in [6.45, 7) is 1.68. The van der Waals surface area contributed by atoms with Gasteiger partial charge in [0.15, 0.2) is 0 Å². The van der Waals surface area contributed by atoms with Crippen molar-refractivity contribution in [2.75, 3.05) is 19.0 Å². The molecule has 0 bridgehead atoms. The van der Waals surface area contributed by atoms with Crippen LogP contribution >= 0.6 is 0 Å². The van der Waals surface area contributed by atoms with E-state index >= 15 is 0 Å². The predicted octanol–water partition coefficient (Wildman–Crippen LogP) is 1.47. The third kappa shape index (κ3) is 3.77. The minimum absolute atomic E-state index is 0.112. The van der Waals surface area contributed by atoms with Gasteiger partial charge in [-0.15, -0.1) is 0 Å². The van der Waals surface area contributed by atoms with Crippen LogP contribution in [0.5, 0.6) is 0 Å². The van der Waals surface area contributed by atoms with Gasteiger partial charge < -0.3 is 4.90 Å². The molecule has 1 heterocycles. The van der Waals surface area contributed by atoms with Gasteiger partial charge in [0.1, 0.15) is 22.4 Å². The second-order valence-electron chi connectivity index (χ2n) is 4.93. The first-order valence-corrected chi connectivity index (χ1v) is 8.04. The number of nitrogens with zero attached hydrogens (tertiary/aromatic N) is 3. The van der Waals surface area contributed by atoms with Gasteiger partial charge in [0.05, 0.1) is 6.54 Å². The molecule has 0 amide bonds. The summed E-state index contributed by atoms with van der Waals surface area (Å²) in [4.78, 5) is 9.83. The fourth-order valence-corrected chi connectivity index (χ4v) is 2.88. The second-order valence-corrected chi connectivity index (χ2v) is 6.67. The van der Waals surface area contributed by atoms with Crippen molar-refractivity contribution in [1.29, 1.82) is 0 Å². The molecule has 118 valence electrons. The fourth-order valence-electron chi connectivity index (χ4n) is 1.82. The molecule has 0 unspecified atom stereocenters. The molecular formula is C14H17FN4O2S. The number of rotatable bonds is 5. The average molecular weight is 324 g/mol. The lowest BCUT2D eigenvalue weighted by Crippen LogP contribution is -2.25. The van der Waals surface area contributed by atoms with Crippen molar-refractivity contribution in [3.8, 4) is 0 Å². The Labute approximate surface area is 129 Å². The number of aryl methyl sites for hydroxylation is 1. The van der Waals surface area contributed by atoms with E-state index in [1.54, 1.807) is 17.9 Å². The first-order chi connectivity index (χ1) is 10.3. The van der Waals surface area contributed by atoms with E-state index in [9.17, 15) is 12.8 Å². The zero-order chi connectivity index (χ0) is 16.3. The summed E-state index contributed by atoms with van der Waals surface area (Å²) in [6.07, 6.45) is 0. The van der Waals surface area contributed by atoms with E-state index in [4.69, 9.17) is 0 Å². The average Bonchev–Trinajstić information content (AvgIpc) is 2.45. The summed E-state index contributed by atoms with van der Waals surface area (Å²) >= 11 is 0. The van der Waals surface area contributed by atoms with Crippen LogP contribution in [-0.4, -0.2) is 32.5 Å². The number of sulfonamides is 1. The predicted molar refractivity (Wildman–Crippen MR) is 81.5 cm³/mol. The lowest BCUT2D eigenvalue weighted by atomic mass is 10.4. The Morgan fingerprint density at radius 2 is 1.91 bits per heavy atom. The van der Waals surface area contributed by atoms with Crippen molar-refractivity contribution in [1.82, 2.24) is 14.7 Å². The molecule has 1 aromatic carbocycles. The maximum absolute atomic E-state index is 13.6. The van der Waals surface area contributed by atoms with Crippen molar-refractivity contribution in [3.63, 3.8) is 0 Å². The molecule has 6 nitrogen and oxygen atoms in total. The molecule has 1 aromatic heterocycles. The number of nitrogens with one attached hydrogen (secondary N) is 1. The molecule has 2 rings (SSSR count). The molecule has 8 heteroatoms. The van der Waals surface area contributed by atoms with Crippen LogP contribution in [0.3, 0.4) is 0 Å². The Hall–Kier alpha value is -2.06. The summed E-state index contributed by atoms with van der Waals surface area (Å²) < 4.78 is 40.1. The van der Waals surface area contributed by atoms with E-state index in [1.165, 1.54) is 18.2 Å². The van der Waals surface area contributed by atoms with Crippen LogP contribution < -0.4 is 9.62 Å². The van der Waals surface area contributed by atoms with Gasteiger partial charge in [-0.05, 0) is 19.1 Å². The first kappa shape index (κ1) is 16.3. The lowest BCUT2D eigenvalue weighted by Gasteiger charge is -2.13. The van der Waals surface area contributed by atoms with Crippen LogP contribution in [0.1, 0.15) is 11.5 Å². The smallest absolute Gasteiger partial charge is 0.243 e. The van der Waals surface area contributed by atoms with Crippen molar-refractivity contribution in [2.45, 2.75) is 18.4 Å². The summed E-state index contributed by atoms with van der Waals surface area (Å²) in [5.74, 6) is 0.199. The summed E-state index contributed by atoms with van der Waals surface area (Å²) in [5, 5.41) is 0. The highest BCUT2D eigenvalue weighted by Crippen LogP contribution is 2.14. The van der Waals surface area contributed by atoms with E-state index < -0.39 is 20.7 Å². The van der Waals surface area contributed by atoms with Crippen LogP contribution in [0.4, 0.5) is 10.2 Å². The molecule has 2 aromatic rings. The van der Waals surface area contributed by atoms with Crippen molar-refractivity contribution < 1.29 is 12.8 Å². The molecule has 1 N–H and O–H groups in total. The molecule has 22 heavy (non-hydrogen) atoms. The minimum Gasteiger partial charge on any atom is -0.363 e. The Kier molecular flexibility index (Phi) is 4.72. The van der Waals surface area contributed by atoms with Crippen LogP contribution in [0.25, 0.3) is 0 Å². The molecule has 0 atom stereocenters. The van der Waals surface area contributed by atoms with Crippen molar-refractivity contribution >= 4 is 15.8 Å². The van der Waals surface area contributed by atoms with Gasteiger partial charge in [-0.3, -0.25) is 0 Å². The largest absolute Gasteiger partial charge is 0.363 e. The molecule has 0 radical (unpaired) electrons. The molecule has 0 saturated heterocycles. The number of benzene rings is 1. The fraction of sp³-hybridized carbons (Fsp3) is 0.286. The van der Waals surface area contributed by atoms with Gasteiger partial charge >= 0.3 is 0 Å². The standard InChI is InChI=1S/C14H17FN4O2S/c1-10-8-14(19(2)3)18-13(17-10)9-16-22(20,21)12-7-5-4-6-11(12)15/h4-8,16H,9H2,1-3H3. The maximum atomic E-state index is 13.6. The van der Waals surface area contributed by atoms with E-state index in [0.717, 1.165) is 11.8 Å². The number of aromatic nitrogens is 2. The van der Waals surface area contributed by atoms with Gasteiger partial charge in [0.2, 0.25) is 10.0 Å². The Balaban J connectivity index is 2.21. The zero-order valence-electron chi connectivity index (χ0n) is 12.5. The molecule has 0 aliphatic heterocycles. The van der Waals surface area contributed by atoms with Crippen LogP contribution in [0.2, 0.25) is 0 Å². The highest BCUT2D eigenvalue weighted by molar-refractivity contribution is 7.89. The highest BCUT2D eigenvalue weighted by atomic mass is 32.2. The Morgan fingerprint density at radius 3 is 2.55 bits per heavy atom. The molecule has 0 fully saturated rings. The third-order valence-corrected chi connectivity index (χ3v) is 4.33. The molecular weight excluding hydrogens is 307 g/mol. The van der Waals surface area contributed by atoms with Gasteiger partial charge in [-0.25, -0.2) is 27.5 Å². The van der Waals surface area contributed by atoms with E-state index in [-0.39, 0.29) is 6.54 Å². The third-order valence-electron chi connectivity index (χ3n) is 2.89. The summed E-state index contributed by atoms with van der Waals surface area (Å²) in [7, 11) is -0.297. The van der Waals surface area contributed by atoms with Crippen molar-refractivity contribution in [3.05, 3.63) is 47.7 Å². The number of hydrogen-bond donors (Lipinski definition) is 1.